The number of hydrogen-bond donors (Lipinski definition) is 1. The third-order valence-corrected chi connectivity index (χ3v) is 3.17. The Morgan fingerprint density at radius 1 is 0.895 bits per heavy atom. The van der Waals surface area contributed by atoms with Gasteiger partial charge >= 0.3 is 0 Å². The fourth-order valence-corrected chi connectivity index (χ4v) is 2.12. The van der Waals surface area contributed by atoms with Crippen LogP contribution < -0.4 is 9.47 Å². The summed E-state index contributed by atoms with van der Waals surface area (Å²) in [4.78, 5) is 0. The van der Waals surface area contributed by atoms with E-state index in [4.69, 9.17) is 9.47 Å². The second-order valence-corrected chi connectivity index (χ2v) is 4.29. The van der Waals surface area contributed by atoms with Crippen molar-refractivity contribution < 1.29 is 14.6 Å². The summed E-state index contributed by atoms with van der Waals surface area (Å²) in [5, 5.41) is 9.68. The van der Waals surface area contributed by atoms with Gasteiger partial charge in [0.2, 0.25) is 0 Å². The van der Waals surface area contributed by atoms with Crippen LogP contribution in [0.5, 0.6) is 11.5 Å². The molecule has 2 aromatic rings. The van der Waals surface area contributed by atoms with E-state index in [0.717, 1.165) is 22.6 Å². The molecule has 19 heavy (non-hydrogen) atoms. The fraction of sp³-hybridized carbons (Fsp3) is 0.250. The second-order valence-electron chi connectivity index (χ2n) is 4.29. The lowest BCUT2D eigenvalue weighted by molar-refractivity contribution is 0.280. The summed E-state index contributed by atoms with van der Waals surface area (Å²) in [6.45, 7) is 0.0420. The average Bonchev–Trinajstić information content (AvgIpc) is 2.48. The summed E-state index contributed by atoms with van der Waals surface area (Å²) in [6, 6.07) is 15.5. The maximum absolute atomic E-state index is 9.68. The van der Waals surface area contributed by atoms with Gasteiger partial charge < -0.3 is 14.6 Å². The quantitative estimate of drug-likeness (QED) is 0.896. The van der Waals surface area contributed by atoms with Gasteiger partial charge in [-0.15, -0.1) is 0 Å². The van der Waals surface area contributed by atoms with E-state index in [-0.39, 0.29) is 12.5 Å². The molecule has 0 spiro atoms. The highest BCUT2D eigenvalue weighted by atomic mass is 16.5. The molecule has 0 saturated carbocycles. The van der Waals surface area contributed by atoms with Gasteiger partial charge in [-0.05, 0) is 35.4 Å². The molecule has 2 rings (SSSR count). The van der Waals surface area contributed by atoms with Crippen molar-refractivity contribution in [3.05, 3.63) is 59.7 Å². The van der Waals surface area contributed by atoms with Crippen LogP contribution in [0.25, 0.3) is 0 Å². The Balaban J connectivity index is 2.37. The highest BCUT2D eigenvalue weighted by molar-refractivity contribution is 5.40. The third-order valence-electron chi connectivity index (χ3n) is 3.17. The van der Waals surface area contributed by atoms with Crippen molar-refractivity contribution in [1.82, 2.24) is 0 Å². The van der Waals surface area contributed by atoms with Crippen LogP contribution in [0.15, 0.2) is 48.5 Å². The third kappa shape index (κ3) is 3.06. The van der Waals surface area contributed by atoms with Crippen LogP contribution >= 0.6 is 0 Å². The molecule has 3 nitrogen and oxygen atoms in total. The fourth-order valence-electron chi connectivity index (χ4n) is 2.12. The van der Waals surface area contributed by atoms with Crippen molar-refractivity contribution in [2.45, 2.75) is 5.92 Å². The first-order valence-corrected chi connectivity index (χ1v) is 6.17. The van der Waals surface area contributed by atoms with E-state index in [0.29, 0.717) is 0 Å². The molecule has 0 atom stereocenters. The molecular formula is C16H18O3. The van der Waals surface area contributed by atoms with E-state index >= 15 is 0 Å². The van der Waals surface area contributed by atoms with Gasteiger partial charge in [0.1, 0.15) is 11.5 Å². The molecule has 2 aromatic carbocycles. The van der Waals surface area contributed by atoms with Crippen LogP contribution in [0.1, 0.15) is 17.0 Å². The Morgan fingerprint density at radius 2 is 1.37 bits per heavy atom. The number of benzene rings is 2. The topological polar surface area (TPSA) is 38.7 Å². The minimum atomic E-state index is -0.0785. The molecule has 0 radical (unpaired) electrons. The van der Waals surface area contributed by atoms with E-state index in [2.05, 4.69) is 0 Å². The van der Waals surface area contributed by atoms with Gasteiger partial charge in [0.15, 0.2) is 0 Å². The molecule has 0 saturated heterocycles. The normalized spacial score (nSPS) is 10.5. The smallest absolute Gasteiger partial charge is 0.119 e. The molecule has 3 heteroatoms. The number of hydrogen-bond acceptors (Lipinski definition) is 3. The van der Waals surface area contributed by atoms with Crippen molar-refractivity contribution in [2.24, 2.45) is 0 Å². The van der Waals surface area contributed by atoms with Crippen molar-refractivity contribution in [3.8, 4) is 11.5 Å². The monoisotopic (exact) mass is 258 g/mol. The number of aliphatic hydroxyl groups is 1. The zero-order valence-corrected chi connectivity index (χ0v) is 11.2. The van der Waals surface area contributed by atoms with Crippen molar-refractivity contribution in [1.29, 1.82) is 0 Å². The zero-order valence-electron chi connectivity index (χ0n) is 11.2. The molecule has 1 N–H and O–H groups in total. The SMILES string of the molecule is COc1cccc(C(CO)c2cccc(OC)c2)c1. The van der Waals surface area contributed by atoms with Gasteiger partial charge in [-0.25, -0.2) is 0 Å². The van der Waals surface area contributed by atoms with Crippen LogP contribution in [0, 0.1) is 0 Å². The number of rotatable bonds is 5. The summed E-state index contributed by atoms with van der Waals surface area (Å²) in [6.07, 6.45) is 0. The maximum Gasteiger partial charge on any atom is 0.119 e. The van der Waals surface area contributed by atoms with E-state index in [1.807, 2.05) is 48.5 Å². The Bertz CT molecular complexity index is 490. The Morgan fingerprint density at radius 3 is 1.74 bits per heavy atom. The number of methoxy groups -OCH3 is 2. The van der Waals surface area contributed by atoms with Crippen molar-refractivity contribution in [3.63, 3.8) is 0 Å². The predicted molar refractivity (Wildman–Crippen MR) is 74.9 cm³/mol. The first kappa shape index (κ1) is 13.4. The van der Waals surface area contributed by atoms with Crippen LogP contribution in [0.3, 0.4) is 0 Å². The standard InChI is InChI=1S/C16H18O3/c1-18-14-7-3-5-12(9-14)16(11-17)13-6-4-8-15(10-13)19-2/h3-10,16-17H,11H2,1-2H3. The molecular weight excluding hydrogens is 240 g/mol. The first-order chi connectivity index (χ1) is 9.28. The van der Waals surface area contributed by atoms with Crippen LogP contribution in [0.4, 0.5) is 0 Å². The number of ether oxygens (including phenoxy) is 2. The highest BCUT2D eigenvalue weighted by Crippen LogP contribution is 2.28. The molecule has 0 aliphatic carbocycles. The van der Waals surface area contributed by atoms with Crippen LogP contribution in [-0.4, -0.2) is 25.9 Å². The van der Waals surface area contributed by atoms with E-state index in [9.17, 15) is 5.11 Å². The average molecular weight is 258 g/mol. The van der Waals surface area contributed by atoms with Crippen LogP contribution in [0.2, 0.25) is 0 Å². The predicted octanol–water partition coefficient (Wildman–Crippen LogP) is 2.83. The lowest BCUT2D eigenvalue weighted by atomic mass is 9.92. The summed E-state index contributed by atoms with van der Waals surface area (Å²) in [5.41, 5.74) is 2.05. The molecule has 0 heterocycles. The van der Waals surface area contributed by atoms with Crippen LogP contribution in [-0.2, 0) is 0 Å². The molecule has 0 bridgehead atoms. The van der Waals surface area contributed by atoms with Gasteiger partial charge in [-0.3, -0.25) is 0 Å². The van der Waals surface area contributed by atoms with Gasteiger partial charge in [0, 0.05) is 5.92 Å². The summed E-state index contributed by atoms with van der Waals surface area (Å²) in [7, 11) is 3.28. The Kier molecular flexibility index (Phi) is 4.42. The number of aliphatic hydroxyl groups excluding tert-OH is 1. The molecule has 0 aliphatic heterocycles. The molecule has 0 fully saturated rings. The summed E-state index contributed by atoms with van der Waals surface area (Å²) < 4.78 is 10.4. The van der Waals surface area contributed by atoms with Crippen molar-refractivity contribution >= 4 is 0 Å². The minimum Gasteiger partial charge on any atom is -0.497 e. The minimum absolute atomic E-state index is 0.0420. The molecule has 0 unspecified atom stereocenters. The van der Waals surface area contributed by atoms with Gasteiger partial charge in [-0.1, -0.05) is 24.3 Å². The van der Waals surface area contributed by atoms with E-state index < -0.39 is 0 Å². The molecule has 100 valence electrons. The maximum atomic E-state index is 9.68. The van der Waals surface area contributed by atoms with E-state index in [1.54, 1.807) is 14.2 Å². The largest absolute Gasteiger partial charge is 0.497 e. The van der Waals surface area contributed by atoms with Gasteiger partial charge in [-0.2, -0.15) is 0 Å². The summed E-state index contributed by atoms with van der Waals surface area (Å²) >= 11 is 0. The molecule has 0 amide bonds. The molecule has 0 aromatic heterocycles. The highest BCUT2D eigenvalue weighted by Gasteiger charge is 2.14. The second kappa shape index (κ2) is 6.25. The Labute approximate surface area is 113 Å². The lowest BCUT2D eigenvalue weighted by Gasteiger charge is -2.16. The lowest BCUT2D eigenvalue weighted by Crippen LogP contribution is -2.06. The molecule has 0 aliphatic rings. The van der Waals surface area contributed by atoms with Crippen molar-refractivity contribution in [2.75, 3.05) is 20.8 Å². The first-order valence-electron chi connectivity index (χ1n) is 6.17. The van der Waals surface area contributed by atoms with Gasteiger partial charge in [0.25, 0.3) is 0 Å². The Hall–Kier alpha value is -2.00. The summed E-state index contributed by atoms with van der Waals surface area (Å²) in [5.74, 6) is 1.50. The van der Waals surface area contributed by atoms with E-state index in [1.165, 1.54) is 0 Å². The van der Waals surface area contributed by atoms with Gasteiger partial charge in [0.05, 0.1) is 20.8 Å². The zero-order chi connectivity index (χ0) is 13.7.